The van der Waals surface area contributed by atoms with Crippen molar-refractivity contribution < 1.29 is 9.90 Å². The van der Waals surface area contributed by atoms with Crippen molar-refractivity contribution in [2.75, 3.05) is 0 Å². The summed E-state index contributed by atoms with van der Waals surface area (Å²) in [7, 11) is 0. The Labute approximate surface area is 174 Å². The van der Waals surface area contributed by atoms with Crippen LogP contribution < -0.4 is 11.5 Å². The lowest BCUT2D eigenvalue weighted by Gasteiger charge is -2.01. The van der Waals surface area contributed by atoms with Gasteiger partial charge in [-0.15, -0.1) is 0 Å². The lowest BCUT2D eigenvalue weighted by molar-refractivity contribution is 0.100. The minimum Gasteiger partial charge on any atom is -0.504 e. The molecule has 0 aliphatic heterocycles. The minimum absolute atomic E-state index is 0.0385. The lowest BCUT2D eigenvalue weighted by atomic mass is 10.1. The maximum atomic E-state index is 11.4. The van der Waals surface area contributed by atoms with Crippen molar-refractivity contribution in [2.24, 2.45) is 11.5 Å². The number of nitrogens with zero attached hydrogens (tertiary/aromatic N) is 3. The number of carbonyl (C=O) groups is 1. The molecule has 0 fully saturated rings. The Morgan fingerprint density at radius 1 is 1.17 bits per heavy atom. The van der Waals surface area contributed by atoms with E-state index in [4.69, 9.17) is 11.5 Å². The fourth-order valence-corrected chi connectivity index (χ4v) is 3.18. The van der Waals surface area contributed by atoms with E-state index < -0.39 is 5.91 Å². The molecule has 4 rings (SSSR count). The maximum absolute atomic E-state index is 11.4. The van der Waals surface area contributed by atoms with E-state index in [2.05, 4.69) is 15.1 Å². The predicted molar refractivity (Wildman–Crippen MR) is 118 cm³/mol. The highest BCUT2D eigenvalue weighted by Gasteiger charge is 2.22. The summed E-state index contributed by atoms with van der Waals surface area (Å²) in [6.07, 6.45) is 0. The van der Waals surface area contributed by atoms with Gasteiger partial charge in [-0.2, -0.15) is 5.10 Å². The van der Waals surface area contributed by atoms with Crippen molar-refractivity contribution in [1.29, 1.82) is 0 Å². The quantitative estimate of drug-likeness (QED) is 0.403. The summed E-state index contributed by atoms with van der Waals surface area (Å²) in [6.45, 7) is 6.94. The Hall–Kier alpha value is -3.65. The van der Waals surface area contributed by atoms with Crippen LogP contribution in [-0.2, 0) is 13.1 Å². The third-order valence-corrected chi connectivity index (χ3v) is 4.68. The number of hydrogen-bond donors (Lipinski definition) is 4. The van der Waals surface area contributed by atoms with E-state index in [9.17, 15) is 9.90 Å². The van der Waals surface area contributed by atoms with Crippen LogP contribution in [0.4, 0.5) is 0 Å². The molecule has 0 radical (unpaired) electrons. The summed E-state index contributed by atoms with van der Waals surface area (Å²) in [4.78, 5) is 19.1. The van der Waals surface area contributed by atoms with Crippen LogP contribution in [0.25, 0.3) is 33.8 Å². The second-order valence-corrected chi connectivity index (χ2v) is 6.44. The lowest BCUT2D eigenvalue weighted by Crippen LogP contribution is -2.10. The molecule has 0 saturated carbocycles. The number of primary amides is 1. The number of aromatic hydroxyl groups is 1. The Balaban J connectivity index is 0.00000124. The number of carbonyl (C=O) groups excluding carboxylic acids is 1. The van der Waals surface area contributed by atoms with Crippen molar-refractivity contribution >= 4 is 16.9 Å². The highest BCUT2D eigenvalue weighted by molar-refractivity contribution is 5.96. The molecular formula is C22H26N6O2. The molecule has 0 aliphatic rings. The van der Waals surface area contributed by atoms with Crippen LogP contribution in [0.15, 0.2) is 42.5 Å². The molecule has 0 saturated heterocycles. The van der Waals surface area contributed by atoms with Gasteiger partial charge in [-0.25, -0.2) is 4.98 Å². The molecule has 0 aliphatic carbocycles. The molecule has 156 valence electrons. The van der Waals surface area contributed by atoms with Crippen LogP contribution in [0, 0.1) is 0 Å². The van der Waals surface area contributed by atoms with E-state index in [0.717, 1.165) is 11.1 Å². The van der Waals surface area contributed by atoms with Gasteiger partial charge in [-0.05, 0) is 30.7 Å². The normalized spacial score (nSPS) is 10.7. The molecule has 4 aromatic rings. The zero-order valence-corrected chi connectivity index (χ0v) is 17.3. The minimum atomic E-state index is -0.511. The largest absolute Gasteiger partial charge is 0.504 e. The first-order valence-electron chi connectivity index (χ1n) is 9.91. The molecule has 0 unspecified atom stereocenters. The van der Waals surface area contributed by atoms with Crippen molar-refractivity contribution in [3.8, 4) is 28.5 Å². The van der Waals surface area contributed by atoms with Gasteiger partial charge in [-0.3, -0.25) is 9.48 Å². The van der Waals surface area contributed by atoms with Gasteiger partial charge in [0.25, 0.3) is 0 Å². The molecule has 2 aromatic heterocycles. The summed E-state index contributed by atoms with van der Waals surface area (Å²) in [6, 6.07) is 12.6. The molecule has 2 aromatic carbocycles. The number of H-pyrrole nitrogens is 1. The summed E-state index contributed by atoms with van der Waals surface area (Å²) in [5, 5.41) is 15.4. The van der Waals surface area contributed by atoms with Gasteiger partial charge >= 0.3 is 0 Å². The zero-order valence-electron chi connectivity index (χ0n) is 17.3. The number of aryl methyl sites for hydroxylation is 1. The predicted octanol–water partition coefficient (Wildman–Crippen LogP) is 3.40. The number of fused-ring (bicyclic) bond motifs is 1. The topological polar surface area (TPSA) is 136 Å². The van der Waals surface area contributed by atoms with Gasteiger partial charge in [0.1, 0.15) is 11.4 Å². The number of aromatic nitrogens is 4. The van der Waals surface area contributed by atoms with Gasteiger partial charge in [0.2, 0.25) is 5.91 Å². The second-order valence-electron chi connectivity index (χ2n) is 6.44. The number of hydrogen-bond acceptors (Lipinski definition) is 5. The Kier molecular flexibility index (Phi) is 6.17. The Morgan fingerprint density at radius 2 is 1.87 bits per heavy atom. The number of nitrogens with two attached hydrogens (primary N) is 2. The van der Waals surface area contributed by atoms with Crippen LogP contribution >= 0.6 is 0 Å². The Morgan fingerprint density at radius 3 is 2.47 bits per heavy atom. The summed E-state index contributed by atoms with van der Waals surface area (Å²) in [5.74, 6) is -0.00691. The molecule has 0 bridgehead atoms. The van der Waals surface area contributed by atoms with Gasteiger partial charge in [0.15, 0.2) is 11.6 Å². The van der Waals surface area contributed by atoms with Crippen molar-refractivity contribution in [2.45, 2.75) is 33.9 Å². The van der Waals surface area contributed by atoms with E-state index in [0.29, 0.717) is 46.9 Å². The standard InChI is InChI=1S/C20H20N6O2.C2H6/c1-2-26-17(18(27)16(25-26)12-5-3-11(10-21)4-6-12)20-23-14-8-7-13(19(22)28)9-15(14)24-20;1-2/h3-9,27H,2,10,21H2,1H3,(H2,22,28)(H,23,24);1-2H3. The SMILES string of the molecule is CC.CCn1nc(-c2ccc(CN)cc2)c(O)c1-c1nc2ccc(C(N)=O)cc2[nH]1. The van der Waals surface area contributed by atoms with Crippen LogP contribution in [0.2, 0.25) is 0 Å². The van der Waals surface area contributed by atoms with Crippen LogP contribution in [-0.4, -0.2) is 30.8 Å². The number of nitrogens with one attached hydrogen (secondary N) is 1. The van der Waals surface area contributed by atoms with Crippen LogP contribution in [0.3, 0.4) is 0 Å². The molecule has 1 amide bonds. The number of amides is 1. The first-order valence-corrected chi connectivity index (χ1v) is 9.91. The summed E-state index contributed by atoms with van der Waals surface area (Å²) < 4.78 is 1.69. The molecule has 30 heavy (non-hydrogen) atoms. The van der Waals surface area contributed by atoms with E-state index in [1.807, 2.05) is 45.0 Å². The molecule has 0 atom stereocenters. The summed E-state index contributed by atoms with van der Waals surface area (Å²) >= 11 is 0. The van der Waals surface area contributed by atoms with E-state index in [1.54, 1.807) is 22.9 Å². The molecular weight excluding hydrogens is 380 g/mol. The maximum Gasteiger partial charge on any atom is 0.248 e. The highest BCUT2D eigenvalue weighted by atomic mass is 16.3. The number of benzene rings is 2. The average molecular weight is 406 g/mol. The number of imidazole rings is 1. The zero-order chi connectivity index (χ0) is 21.8. The third kappa shape index (κ3) is 3.77. The van der Waals surface area contributed by atoms with Gasteiger partial charge in [0, 0.05) is 24.2 Å². The van der Waals surface area contributed by atoms with Crippen molar-refractivity contribution in [3.63, 3.8) is 0 Å². The van der Waals surface area contributed by atoms with E-state index in [-0.39, 0.29) is 5.75 Å². The molecule has 6 N–H and O–H groups in total. The van der Waals surface area contributed by atoms with Crippen LogP contribution in [0.1, 0.15) is 36.7 Å². The monoisotopic (exact) mass is 406 g/mol. The first-order chi connectivity index (χ1) is 14.5. The van der Waals surface area contributed by atoms with Gasteiger partial charge in [-0.1, -0.05) is 38.1 Å². The van der Waals surface area contributed by atoms with Crippen LogP contribution in [0.5, 0.6) is 5.75 Å². The number of rotatable bonds is 5. The van der Waals surface area contributed by atoms with E-state index in [1.165, 1.54) is 0 Å². The summed E-state index contributed by atoms with van der Waals surface area (Å²) in [5.41, 5.74) is 15.4. The smallest absolute Gasteiger partial charge is 0.248 e. The van der Waals surface area contributed by atoms with Gasteiger partial charge in [0.05, 0.1) is 11.0 Å². The first kappa shape index (κ1) is 21.1. The highest BCUT2D eigenvalue weighted by Crippen LogP contribution is 2.37. The van der Waals surface area contributed by atoms with Crippen molar-refractivity contribution in [1.82, 2.24) is 19.7 Å². The Bertz CT molecular complexity index is 1170. The average Bonchev–Trinajstić information content (AvgIpc) is 3.34. The van der Waals surface area contributed by atoms with Crippen molar-refractivity contribution in [3.05, 3.63) is 53.6 Å². The molecule has 2 heterocycles. The number of aromatic amines is 1. The molecule has 0 spiro atoms. The second kappa shape index (κ2) is 8.79. The van der Waals surface area contributed by atoms with E-state index >= 15 is 0 Å². The third-order valence-electron chi connectivity index (χ3n) is 4.68. The van der Waals surface area contributed by atoms with Gasteiger partial charge < -0.3 is 21.6 Å². The fraction of sp³-hybridized carbons (Fsp3) is 0.227. The molecule has 8 nitrogen and oxygen atoms in total. The molecule has 8 heteroatoms. The fourth-order valence-electron chi connectivity index (χ4n) is 3.18.